The predicted molar refractivity (Wildman–Crippen MR) is 141 cm³/mol. The van der Waals surface area contributed by atoms with Crippen LogP contribution in [0.15, 0.2) is 42.5 Å². The number of fused-ring (bicyclic) bond motifs is 1. The lowest BCUT2D eigenvalue weighted by Gasteiger charge is -2.41. The number of hydrogen-bond donors (Lipinski definition) is 4. The van der Waals surface area contributed by atoms with E-state index >= 15 is 0 Å². The Hall–Kier alpha value is -3.24. The minimum atomic E-state index is -0.973. The first kappa shape index (κ1) is 27.8. The smallest absolute Gasteiger partial charge is 0.243 e. The van der Waals surface area contributed by atoms with Crippen molar-refractivity contribution in [2.75, 3.05) is 26.3 Å². The maximum atomic E-state index is 13.6. The molecule has 0 aromatic heterocycles. The highest BCUT2D eigenvalue weighted by atomic mass is 16.5. The summed E-state index contributed by atoms with van der Waals surface area (Å²) in [6.45, 7) is 1.83. The van der Waals surface area contributed by atoms with Gasteiger partial charge >= 0.3 is 0 Å². The van der Waals surface area contributed by atoms with Crippen molar-refractivity contribution in [3.05, 3.63) is 48.0 Å². The van der Waals surface area contributed by atoms with Gasteiger partial charge in [0, 0.05) is 44.7 Å². The van der Waals surface area contributed by atoms with E-state index in [4.69, 9.17) is 16.2 Å². The fourth-order valence-electron chi connectivity index (χ4n) is 5.72. The summed E-state index contributed by atoms with van der Waals surface area (Å²) in [5.41, 5.74) is 11.5. The lowest BCUT2D eigenvalue weighted by molar-refractivity contribution is -0.140. The zero-order chi connectivity index (χ0) is 27.1. The molecule has 3 heterocycles. The van der Waals surface area contributed by atoms with Crippen molar-refractivity contribution < 1.29 is 23.9 Å². The van der Waals surface area contributed by atoms with Crippen molar-refractivity contribution in [2.45, 2.75) is 63.1 Å². The van der Waals surface area contributed by atoms with E-state index in [1.807, 2.05) is 30.3 Å². The van der Waals surface area contributed by atoms with Crippen LogP contribution < -0.4 is 22.1 Å². The lowest BCUT2D eigenvalue weighted by Crippen LogP contribution is -2.59. The first-order chi connectivity index (χ1) is 18.3. The minimum absolute atomic E-state index is 0.0354. The highest BCUT2D eigenvalue weighted by molar-refractivity contribution is 5.91. The van der Waals surface area contributed by atoms with Gasteiger partial charge in [0.15, 0.2) is 0 Å². The number of allylic oxidation sites excluding steroid dienone is 2. The van der Waals surface area contributed by atoms with Gasteiger partial charge in [-0.25, -0.2) is 0 Å². The van der Waals surface area contributed by atoms with Gasteiger partial charge in [-0.05, 0) is 37.7 Å². The highest BCUT2D eigenvalue weighted by Crippen LogP contribution is 2.36. The number of carbonyl (C=O) groups excluding carboxylic acids is 4. The van der Waals surface area contributed by atoms with Gasteiger partial charge in [-0.2, -0.15) is 0 Å². The van der Waals surface area contributed by atoms with Crippen LogP contribution in [0, 0.1) is 11.3 Å². The Morgan fingerprint density at radius 2 is 1.84 bits per heavy atom. The van der Waals surface area contributed by atoms with Gasteiger partial charge in [-0.1, -0.05) is 42.5 Å². The third kappa shape index (κ3) is 6.79. The monoisotopic (exact) mass is 525 g/mol. The summed E-state index contributed by atoms with van der Waals surface area (Å²) in [6.07, 6.45) is 7.21. The molecule has 0 radical (unpaired) electrons. The Balaban J connectivity index is 1.57. The maximum Gasteiger partial charge on any atom is 0.243 e. The number of primary amides is 1. The normalized spacial score (nSPS) is 27.6. The Kier molecular flexibility index (Phi) is 9.17. The van der Waals surface area contributed by atoms with Gasteiger partial charge in [0.25, 0.3) is 0 Å². The largest absolute Gasteiger partial charge is 0.381 e. The summed E-state index contributed by atoms with van der Waals surface area (Å²) >= 11 is 0. The van der Waals surface area contributed by atoms with E-state index in [0.29, 0.717) is 64.8 Å². The number of hydrogen-bond acceptors (Lipinski definition) is 6. The van der Waals surface area contributed by atoms with Crippen LogP contribution in [0.2, 0.25) is 0 Å². The first-order valence-corrected chi connectivity index (χ1v) is 13.5. The number of piperidine rings is 1. The van der Waals surface area contributed by atoms with E-state index in [1.165, 1.54) is 0 Å². The zero-order valence-corrected chi connectivity index (χ0v) is 21.8. The zero-order valence-electron chi connectivity index (χ0n) is 21.8. The molecule has 3 aliphatic heterocycles. The highest BCUT2D eigenvalue weighted by Gasteiger charge is 2.42. The molecule has 4 rings (SSSR count). The molecule has 1 aromatic rings. The molecule has 6 N–H and O–H groups in total. The van der Waals surface area contributed by atoms with Crippen LogP contribution in [-0.2, 0) is 30.3 Å². The first-order valence-electron chi connectivity index (χ1n) is 13.5. The summed E-state index contributed by atoms with van der Waals surface area (Å²) in [6, 6.07) is 7.78. The van der Waals surface area contributed by atoms with Gasteiger partial charge in [0.1, 0.15) is 6.04 Å². The van der Waals surface area contributed by atoms with E-state index in [9.17, 15) is 19.2 Å². The van der Waals surface area contributed by atoms with Crippen LogP contribution in [-0.4, -0.2) is 73.0 Å². The van der Waals surface area contributed by atoms with Gasteiger partial charge in [-0.3, -0.25) is 19.2 Å². The average molecular weight is 526 g/mol. The van der Waals surface area contributed by atoms with Crippen molar-refractivity contribution in [1.82, 2.24) is 15.5 Å². The minimum Gasteiger partial charge on any atom is -0.381 e. The standard InChI is InChI=1S/C28H39N5O5/c29-21(17-24(30)34)26(36)33-13-9-22-20(18-33)8-4-5-10-28(11-14-38-15-12-28)27(37)32-23(25(35)31-22)16-19-6-2-1-3-7-19/h1-7,20-23H,8-18,29H2,(H2,30,34)(H,31,35)(H,32,37)/b5-4+/t20-,21+,22+,23+/m1/s1. The molecular formula is C28H39N5O5. The van der Waals surface area contributed by atoms with E-state index in [0.717, 1.165) is 5.56 Å². The fraction of sp³-hybridized carbons (Fsp3) is 0.571. The SMILES string of the molecule is NC(=O)C[C@H](N)C(=O)N1CC[C@@H]2NC(=O)[C@H](Cc3ccccc3)NC(=O)C3(C/C=C/C[C@@H]2C1)CCOCC3. The molecule has 2 saturated heterocycles. The number of nitrogens with zero attached hydrogens (tertiary/aromatic N) is 1. The number of nitrogens with one attached hydrogen (secondary N) is 2. The maximum absolute atomic E-state index is 13.6. The molecule has 10 nitrogen and oxygen atoms in total. The summed E-state index contributed by atoms with van der Waals surface area (Å²) in [4.78, 5) is 53.1. The Morgan fingerprint density at radius 3 is 2.55 bits per heavy atom. The van der Waals surface area contributed by atoms with Crippen LogP contribution in [0.5, 0.6) is 0 Å². The number of nitrogens with two attached hydrogens (primary N) is 2. The predicted octanol–water partition coefficient (Wildman–Crippen LogP) is 0.397. The van der Waals surface area contributed by atoms with Gasteiger partial charge in [0.2, 0.25) is 23.6 Å². The Labute approximate surface area is 223 Å². The molecule has 0 aliphatic carbocycles. The molecule has 206 valence electrons. The van der Waals surface area contributed by atoms with Crippen LogP contribution >= 0.6 is 0 Å². The second kappa shape index (κ2) is 12.5. The van der Waals surface area contributed by atoms with E-state index in [1.54, 1.807) is 4.90 Å². The summed E-state index contributed by atoms with van der Waals surface area (Å²) in [7, 11) is 0. The van der Waals surface area contributed by atoms with Crippen LogP contribution in [0.3, 0.4) is 0 Å². The van der Waals surface area contributed by atoms with Crippen LogP contribution in [0.4, 0.5) is 0 Å². The summed E-state index contributed by atoms with van der Waals surface area (Å²) in [5.74, 6) is -1.29. The quantitative estimate of drug-likeness (QED) is 0.408. The number of rotatable bonds is 5. The summed E-state index contributed by atoms with van der Waals surface area (Å²) in [5, 5.41) is 6.27. The van der Waals surface area contributed by atoms with E-state index in [-0.39, 0.29) is 36.1 Å². The molecule has 4 atom stereocenters. The second-order valence-electron chi connectivity index (χ2n) is 10.7. The third-order valence-electron chi connectivity index (χ3n) is 8.06. The van der Waals surface area contributed by atoms with Crippen LogP contribution in [0.25, 0.3) is 0 Å². The molecular weight excluding hydrogens is 486 g/mol. The second-order valence-corrected chi connectivity index (χ2v) is 10.7. The molecule has 1 spiro atoms. The summed E-state index contributed by atoms with van der Waals surface area (Å²) < 4.78 is 5.55. The molecule has 2 fully saturated rings. The number of benzene rings is 1. The topological polar surface area (TPSA) is 157 Å². The van der Waals surface area contributed by atoms with Gasteiger partial charge < -0.3 is 31.7 Å². The fourth-order valence-corrected chi connectivity index (χ4v) is 5.72. The van der Waals surface area contributed by atoms with Gasteiger partial charge in [0.05, 0.1) is 17.9 Å². The van der Waals surface area contributed by atoms with Crippen molar-refractivity contribution >= 4 is 23.6 Å². The number of likely N-dealkylation sites (tertiary alicyclic amines) is 1. The van der Waals surface area contributed by atoms with E-state index in [2.05, 4.69) is 22.8 Å². The van der Waals surface area contributed by atoms with Crippen molar-refractivity contribution in [2.24, 2.45) is 22.8 Å². The van der Waals surface area contributed by atoms with Crippen LogP contribution in [0.1, 0.15) is 44.1 Å². The van der Waals surface area contributed by atoms with Gasteiger partial charge in [-0.15, -0.1) is 0 Å². The number of amides is 4. The molecule has 0 saturated carbocycles. The Morgan fingerprint density at radius 1 is 1.11 bits per heavy atom. The molecule has 0 unspecified atom stereocenters. The molecule has 4 amide bonds. The van der Waals surface area contributed by atoms with Crippen molar-refractivity contribution in [3.63, 3.8) is 0 Å². The van der Waals surface area contributed by atoms with Crippen molar-refractivity contribution in [1.29, 1.82) is 0 Å². The molecule has 3 aliphatic rings. The van der Waals surface area contributed by atoms with E-state index < -0.39 is 23.4 Å². The lowest BCUT2D eigenvalue weighted by atomic mass is 9.75. The molecule has 1 aromatic carbocycles. The number of ether oxygens (including phenoxy) is 1. The average Bonchev–Trinajstić information content (AvgIpc) is 2.91. The van der Waals surface area contributed by atoms with Crippen molar-refractivity contribution in [3.8, 4) is 0 Å². The Bertz CT molecular complexity index is 1040. The third-order valence-corrected chi connectivity index (χ3v) is 8.06. The molecule has 38 heavy (non-hydrogen) atoms. The number of carbonyl (C=O) groups is 4. The molecule has 10 heteroatoms. The molecule has 0 bridgehead atoms.